The topological polar surface area (TPSA) is 54.9 Å². The molecule has 0 saturated carbocycles. The van der Waals surface area contributed by atoms with Crippen molar-refractivity contribution in [3.8, 4) is 0 Å². The highest BCUT2D eigenvalue weighted by Gasteiger charge is 2.43. The van der Waals surface area contributed by atoms with Crippen LogP contribution in [0.25, 0.3) is 0 Å². The first-order chi connectivity index (χ1) is 15.3. The number of fused-ring (bicyclic) bond motifs is 1. The lowest BCUT2D eigenvalue weighted by Crippen LogP contribution is -2.48. The summed E-state index contributed by atoms with van der Waals surface area (Å²) in [7, 11) is 1.66. The van der Waals surface area contributed by atoms with Crippen molar-refractivity contribution in [1.82, 2.24) is 9.88 Å². The summed E-state index contributed by atoms with van der Waals surface area (Å²) in [5, 5.41) is 0. The van der Waals surface area contributed by atoms with E-state index in [0.29, 0.717) is 62.5 Å². The molecule has 2 atom stereocenters. The Morgan fingerprint density at radius 2 is 1.72 bits per heavy atom. The summed E-state index contributed by atoms with van der Waals surface area (Å²) in [6, 6.07) is 10.0. The molecule has 1 amide bonds. The molecule has 0 spiro atoms. The molecule has 170 valence electrons. The molecular formula is C23H24F3N3O3. The lowest BCUT2D eigenvalue weighted by Gasteiger charge is -2.40. The maximum Gasteiger partial charge on any atom is 0.433 e. The van der Waals surface area contributed by atoms with Crippen LogP contribution in [0.1, 0.15) is 21.6 Å². The molecular weight excluding hydrogens is 423 g/mol. The van der Waals surface area contributed by atoms with Gasteiger partial charge < -0.3 is 19.3 Å². The number of nitrogens with zero attached hydrogens (tertiary/aromatic N) is 3. The minimum atomic E-state index is -4.44. The molecule has 0 bridgehead atoms. The van der Waals surface area contributed by atoms with E-state index in [1.54, 1.807) is 7.11 Å². The lowest BCUT2D eigenvalue weighted by atomic mass is 9.91. The van der Waals surface area contributed by atoms with Gasteiger partial charge in [-0.25, -0.2) is 4.98 Å². The van der Waals surface area contributed by atoms with Gasteiger partial charge in [-0.1, -0.05) is 12.1 Å². The SMILES string of the molecule is COC1(c2ccc(C(=O)N3CC4CN(c5ccc(C(F)(F)F)nc5)CC4C3)cc2)COC1. The molecule has 3 fully saturated rings. The van der Waals surface area contributed by atoms with Crippen molar-refractivity contribution in [3.63, 3.8) is 0 Å². The van der Waals surface area contributed by atoms with E-state index in [1.807, 2.05) is 29.2 Å². The number of aromatic nitrogens is 1. The number of benzene rings is 1. The quantitative estimate of drug-likeness (QED) is 0.721. The van der Waals surface area contributed by atoms with Gasteiger partial charge in [0.1, 0.15) is 11.3 Å². The summed E-state index contributed by atoms with van der Waals surface area (Å²) in [6.45, 7) is 3.72. The van der Waals surface area contributed by atoms with Gasteiger partial charge in [-0.05, 0) is 29.8 Å². The van der Waals surface area contributed by atoms with Crippen LogP contribution in [0.15, 0.2) is 42.6 Å². The minimum Gasteiger partial charge on any atom is -0.375 e. The fourth-order valence-corrected chi connectivity index (χ4v) is 4.90. The molecule has 0 N–H and O–H groups in total. The van der Waals surface area contributed by atoms with Crippen molar-refractivity contribution in [1.29, 1.82) is 0 Å². The Kier molecular flexibility index (Phi) is 5.13. The Morgan fingerprint density at radius 1 is 1.06 bits per heavy atom. The first-order valence-corrected chi connectivity index (χ1v) is 10.6. The van der Waals surface area contributed by atoms with Crippen LogP contribution in [0, 0.1) is 11.8 Å². The van der Waals surface area contributed by atoms with Crippen molar-refractivity contribution >= 4 is 11.6 Å². The molecule has 6 nitrogen and oxygen atoms in total. The van der Waals surface area contributed by atoms with Gasteiger partial charge in [-0.2, -0.15) is 13.2 Å². The average Bonchev–Trinajstić information content (AvgIpc) is 3.32. The smallest absolute Gasteiger partial charge is 0.375 e. The van der Waals surface area contributed by atoms with Gasteiger partial charge in [0.05, 0.1) is 25.1 Å². The van der Waals surface area contributed by atoms with Crippen LogP contribution in [-0.2, 0) is 21.3 Å². The predicted octanol–water partition coefficient (Wildman–Crippen LogP) is 3.18. The highest BCUT2D eigenvalue weighted by molar-refractivity contribution is 5.94. The summed E-state index contributed by atoms with van der Waals surface area (Å²) >= 11 is 0. The third-order valence-electron chi connectivity index (χ3n) is 6.90. The van der Waals surface area contributed by atoms with E-state index in [9.17, 15) is 18.0 Å². The second-order valence-electron chi connectivity index (χ2n) is 8.80. The van der Waals surface area contributed by atoms with Gasteiger partial charge in [-0.3, -0.25) is 4.79 Å². The molecule has 32 heavy (non-hydrogen) atoms. The van der Waals surface area contributed by atoms with E-state index < -0.39 is 17.5 Å². The average molecular weight is 447 g/mol. The highest BCUT2D eigenvalue weighted by atomic mass is 19.4. The Labute approximate surface area is 183 Å². The molecule has 0 aliphatic carbocycles. The molecule has 5 rings (SSSR count). The molecule has 2 unspecified atom stereocenters. The number of methoxy groups -OCH3 is 1. The Hall–Kier alpha value is -2.65. The number of hydrogen-bond acceptors (Lipinski definition) is 5. The fourth-order valence-electron chi connectivity index (χ4n) is 4.90. The first kappa shape index (κ1) is 21.2. The molecule has 2 aromatic rings. The van der Waals surface area contributed by atoms with Crippen LogP contribution in [0.5, 0.6) is 0 Å². The maximum atomic E-state index is 13.0. The van der Waals surface area contributed by atoms with Crippen molar-refractivity contribution in [2.45, 2.75) is 11.8 Å². The number of anilines is 1. The molecule has 9 heteroatoms. The third kappa shape index (κ3) is 3.63. The first-order valence-electron chi connectivity index (χ1n) is 10.6. The van der Waals surface area contributed by atoms with Crippen LogP contribution < -0.4 is 4.90 Å². The summed E-state index contributed by atoms with van der Waals surface area (Å²) in [5.74, 6) is 0.596. The normalized spacial score (nSPS) is 24.4. The van der Waals surface area contributed by atoms with Crippen LogP contribution in [0.4, 0.5) is 18.9 Å². The van der Waals surface area contributed by atoms with Gasteiger partial charge in [0, 0.05) is 50.7 Å². The monoisotopic (exact) mass is 447 g/mol. The molecule has 4 heterocycles. The number of alkyl halides is 3. The maximum absolute atomic E-state index is 13.0. The zero-order valence-electron chi connectivity index (χ0n) is 17.6. The van der Waals surface area contributed by atoms with E-state index in [4.69, 9.17) is 9.47 Å². The zero-order valence-corrected chi connectivity index (χ0v) is 17.6. The summed E-state index contributed by atoms with van der Waals surface area (Å²) in [5.41, 5.74) is 1.03. The number of rotatable bonds is 4. The van der Waals surface area contributed by atoms with Crippen molar-refractivity contribution < 1.29 is 27.4 Å². The van der Waals surface area contributed by atoms with E-state index in [2.05, 4.69) is 9.88 Å². The van der Waals surface area contributed by atoms with Gasteiger partial charge in [0.2, 0.25) is 0 Å². The summed E-state index contributed by atoms with van der Waals surface area (Å²) in [4.78, 5) is 20.5. The van der Waals surface area contributed by atoms with Crippen molar-refractivity contribution in [2.24, 2.45) is 11.8 Å². The van der Waals surface area contributed by atoms with Crippen LogP contribution >= 0.6 is 0 Å². The van der Waals surface area contributed by atoms with Gasteiger partial charge in [0.15, 0.2) is 0 Å². The lowest BCUT2D eigenvalue weighted by molar-refractivity contribution is -0.202. The number of amides is 1. The zero-order chi connectivity index (χ0) is 22.5. The molecule has 3 saturated heterocycles. The Balaban J connectivity index is 1.20. The van der Waals surface area contributed by atoms with Gasteiger partial charge >= 0.3 is 6.18 Å². The molecule has 3 aliphatic rings. The van der Waals surface area contributed by atoms with Gasteiger partial charge in [0.25, 0.3) is 5.91 Å². The number of carbonyl (C=O) groups is 1. The van der Waals surface area contributed by atoms with E-state index in [-0.39, 0.29) is 5.91 Å². The summed E-state index contributed by atoms with van der Waals surface area (Å²) < 4.78 is 49.1. The minimum absolute atomic E-state index is 0.00465. The van der Waals surface area contributed by atoms with Crippen LogP contribution in [0.3, 0.4) is 0 Å². The second kappa shape index (κ2) is 7.74. The number of halogens is 3. The molecule has 1 aromatic heterocycles. The number of ether oxygens (including phenoxy) is 2. The number of likely N-dealkylation sites (tertiary alicyclic amines) is 1. The molecule has 1 aromatic carbocycles. The van der Waals surface area contributed by atoms with E-state index in [1.165, 1.54) is 12.3 Å². The third-order valence-corrected chi connectivity index (χ3v) is 6.90. The second-order valence-corrected chi connectivity index (χ2v) is 8.80. The Morgan fingerprint density at radius 3 is 2.19 bits per heavy atom. The number of hydrogen-bond donors (Lipinski definition) is 0. The Bertz CT molecular complexity index is 971. The van der Waals surface area contributed by atoms with E-state index in [0.717, 1.165) is 11.6 Å². The standard InChI is InChI=1S/C23H24F3N3O3/c1-31-22(13-32-14-22)18-4-2-15(3-5-18)21(30)29-11-16-9-28(10-17(16)12-29)19-6-7-20(27-8-19)23(24,25)26/h2-8,16-17H,9-14H2,1H3. The van der Waals surface area contributed by atoms with Crippen molar-refractivity contribution in [2.75, 3.05) is 51.4 Å². The largest absolute Gasteiger partial charge is 0.433 e. The molecule has 3 aliphatic heterocycles. The number of pyridine rings is 1. The fraction of sp³-hybridized carbons (Fsp3) is 0.478. The van der Waals surface area contributed by atoms with Crippen LogP contribution in [-0.4, -0.2) is 62.3 Å². The van der Waals surface area contributed by atoms with Crippen molar-refractivity contribution in [3.05, 3.63) is 59.4 Å². The highest BCUT2D eigenvalue weighted by Crippen LogP contribution is 2.36. The summed E-state index contributed by atoms with van der Waals surface area (Å²) in [6.07, 6.45) is -3.15. The molecule has 0 radical (unpaired) electrons. The number of carbonyl (C=O) groups excluding carboxylic acids is 1. The van der Waals surface area contributed by atoms with Gasteiger partial charge in [-0.15, -0.1) is 0 Å². The van der Waals surface area contributed by atoms with Crippen LogP contribution in [0.2, 0.25) is 0 Å². The van der Waals surface area contributed by atoms with E-state index >= 15 is 0 Å². The predicted molar refractivity (Wildman–Crippen MR) is 110 cm³/mol.